The van der Waals surface area contributed by atoms with Gasteiger partial charge in [0, 0.05) is 17.8 Å². The second kappa shape index (κ2) is 9.01. The molecule has 2 heterocycles. The molecule has 146 valence electrons. The SMILES string of the molecule is CSc1nc(C)c(CCC(=O)NC(C)c2ncc(-c3ccccc3)[nH]2)c(C)n1. The van der Waals surface area contributed by atoms with Crippen LogP contribution in [-0.2, 0) is 11.2 Å². The fourth-order valence-corrected chi connectivity index (χ4v) is 3.56. The molecule has 0 aliphatic heterocycles. The van der Waals surface area contributed by atoms with Crippen LogP contribution in [0.2, 0.25) is 0 Å². The van der Waals surface area contributed by atoms with E-state index in [4.69, 9.17) is 0 Å². The molecule has 1 amide bonds. The van der Waals surface area contributed by atoms with Crippen LogP contribution < -0.4 is 5.32 Å². The largest absolute Gasteiger partial charge is 0.346 e. The van der Waals surface area contributed by atoms with Crippen LogP contribution in [0.1, 0.15) is 42.2 Å². The van der Waals surface area contributed by atoms with E-state index in [2.05, 4.69) is 25.3 Å². The Morgan fingerprint density at radius 2 is 1.86 bits per heavy atom. The van der Waals surface area contributed by atoms with Gasteiger partial charge >= 0.3 is 0 Å². The molecule has 1 unspecified atom stereocenters. The van der Waals surface area contributed by atoms with Gasteiger partial charge in [0.1, 0.15) is 5.82 Å². The third kappa shape index (κ3) is 4.78. The first kappa shape index (κ1) is 20.1. The van der Waals surface area contributed by atoms with Gasteiger partial charge in [-0.15, -0.1) is 0 Å². The Bertz CT molecular complexity index is 931. The summed E-state index contributed by atoms with van der Waals surface area (Å²) in [5, 5.41) is 3.78. The van der Waals surface area contributed by atoms with Gasteiger partial charge in [0.25, 0.3) is 0 Å². The number of aryl methyl sites for hydroxylation is 2. The third-order valence-corrected chi connectivity index (χ3v) is 5.20. The predicted molar refractivity (Wildman–Crippen MR) is 112 cm³/mol. The summed E-state index contributed by atoms with van der Waals surface area (Å²) in [5.74, 6) is 0.727. The number of carbonyl (C=O) groups is 1. The topological polar surface area (TPSA) is 83.6 Å². The van der Waals surface area contributed by atoms with E-state index in [9.17, 15) is 4.79 Å². The van der Waals surface area contributed by atoms with E-state index >= 15 is 0 Å². The number of hydrogen-bond donors (Lipinski definition) is 2. The number of nitrogens with one attached hydrogen (secondary N) is 2. The summed E-state index contributed by atoms with van der Waals surface area (Å²) in [7, 11) is 0. The van der Waals surface area contributed by atoms with Crippen molar-refractivity contribution < 1.29 is 4.79 Å². The summed E-state index contributed by atoms with van der Waals surface area (Å²) < 4.78 is 0. The molecule has 0 aliphatic carbocycles. The van der Waals surface area contributed by atoms with Gasteiger partial charge in [0.2, 0.25) is 5.91 Å². The van der Waals surface area contributed by atoms with E-state index in [1.165, 1.54) is 11.8 Å². The Morgan fingerprint density at radius 1 is 1.18 bits per heavy atom. The van der Waals surface area contributed by atoms with E-state index in [1.54, 1.807) is 6.20 Å². The van der Waals surface area contributed by atoms with Crippen LogP contribution in [0.3, 0.4) is 0 Å². The number of carbonyl (C=O) groups excluding carboxylic acids is 1. The second-order valence-electron chi connectivity index (χ2n) is 6.70. The van der Waals surface area contributed by atoms with Crippen molar-refractivity contribution in [3.63, 3.8) is 0 Å². The Kier molecular flexibility index (Phi) is 6.46. The summed E-state index contributed by atoms with van der Waals surface area (Å²) in [4.78, 5) is 29.1. The van der Waals surface area contributed by atoms with E-state index < -0.39 is 0 Å². The molecule has 28 heavy (non-hydrogen) atoms. The first-order valence-corrected chi connectivity index (χ1v) is 10.5. The summed E-state index contributed by atoms with van der Waals surface area (Å²) >= 11 is 1.52. The van der Waals surface area contributed by atoms with Gasteiger partial charge in [-0.3, -0.25) is 4.79 Å². The third-order valence-electron chi connectivity index (χ3n) is 4.65. The molecule has 6 nitrogen and oxygen atoms in total. The fourth-order valence-electron chi connectivity index (χ4n) is 3.10. The molecule has 0 saturated heterocycles. The molecule has 1 atom stereocenters. The molecule has 1 aromatic carbocycles. The van der Waals surface area contributed by atoms with Crippen LogP contribution >= 0.6 is 11.8 Å². The number of amides is 1. The number of benzene rings is 1. The second-order valence-corrected chi connectivity index (χ2v) is 7.47. The lowest BCUT2D eigenvalue weighted by Gasteiger charge is -2.13. The average molecular weight is 396 g/mol. The maximum atomic E-state index is 12.4. The van der Waals surface area contributed by atoms with Crippen molar-refractivity contribution in [3.8, 4) is 11.3 Å². The zero-order chi connectivity index (χ0) is 20.1. The van der Waals surface area contributed by atoms with Crippen molar-refractivity contribution in [3.05, 3.63) is 59.3 Å². The minimum absolute atomic E-state index is 0.0158. The average Bonchev–Trinajstić information content (AvgIpc) is 3.18. The summed E-state index contributed by atoms with van der Waals surface area (Å²) in [6.07, 6.45) is 4.77. The number of H-pyrrole nitrogens is 1. The number of aromatic nitrogens is 4. The highest BCUT2D eigenvalue weighted by Gasteiger charge is 2.15. The van der Waals surface area contributed by atoms with Crippen LogP contribution in [0.4, 0.5) is 0 Å². The normalized spacial score (nSPS) is 12.0. The first-order chi connectivity index (χ1) is 13.5. The molecule has 3 aromatic rings. The number of aromatic amines is 1. The monoisotopic (exact) mass is 395 g/mol. The van der Waals surface area contributed by atoms with Gasteiger partial charge in [-0.05, 0) is 44.6 Å². The maximum Gasteiger partial charge on any atom is 0.220 e. The zero-order valence-electron chi connectivity index (χ0n) is 16.6. The molecule has 0 aliphatic rings. The van der Waals surface area contributed by atoms with Gasteiger partial charge < -0.3 is 10.3 Å². The molecule has 3 rings (SSSR count). The lowest BCUT2D eigenvalue weighted by Crippen LogP contribution is -2.27. The Hall–Kier alpha value is -2.67. The molecule has 0 fully saturated rings. The van der Waals surface area contributed by atoms with E-state index in [-0.39, 0.29) is 11.9 Å². The summed E-state index contributed by atoms with van der Waals surface area (Å²) in [6, 6.07) is 9.81. The lowest BCUT2D eigenvalue weighted by atomic mass is 10.1. The number of nitrogens with zero attached hydrogens (tertiary/aromatic N) is 3. The van der Waals surface area contributed by atoms with Crippen molar-refractivity contribution in [2.24, 2.45) is 0 Å². The summed E-state index contributed by atoms with van der Waals surface area (Å²) in [6.45, 7) is 5.87. The lowest BCUT2D eigenvalue weighted by molar-refractivity contribution is -0.121. The van der Waals surface area contributed by atoms with Gasteiger partial charge in [0.05, 0.1) is 17.9 Å². The van der Waals surface area contributed by atoms with Crippen molar-refractivity contribution in [1.82, 2.24) is 25.3 Å². The highest BCUT2D eigenvalue weighted by molar-refractivity contribution is 7.98. The molecule has 0 spiro atoms. The zero-order valence-corrected chi connectivity index (χ0v) is 17.4. The number of hydrogen-bond acceptors (Lipinski definition) is 5. The molecular formula is C21H25N5OS. The fraction of sp³-hybridized carbons (Fsp3) is 0.333. The predicted octanol–water partition coefficient (Wildman–Crippen LogP) is 4.02. The highest BCUT2D eigenvalue weighted by atomic mass is 32.2. The van der Waals surface area contributed by atoms with Crippen molar-refractivity contribution in [1.29, 1.82) is 0 Å². The smallest absolute Gasteiger partial charge is 0.220 e. The molecule has 0 bridgehead atoms. The first-order valence-electron chi connectivity index (χ1n) is 9.25. The van der Waals surface area contributed by atoms with Crippen LogP contribution in [0.15, 0.2) is 41.7 Å². The number of imidazole rings is 1. The van der Waals surface area contributed by atoms with Crippen molar-refractivity contribution in [2.75, 3.05) is 6.26 Å². The number of rotatable bonds is 7. The van der Waals surface area contributed by atoms with Crippen molar-refractivity contribution in [2.45, 2.75) is 44.8 Å². The van der Waals surface area contributed by atoms with Gasteiger partial charge in [0.15, 0.2) is 5.16 Å². The molecule has 0 radical (unpaired) electrons. The molecule has 2 N–H and O–H groups in total. The van der Waals surface area contributed by atoms with E-state index in [0.717, 1.165) is 39.2 Å². The Morgan fingerprint density at radius 3 is 2.50 bits per heavy atom. The molecule has 2 aromatic heterocycles. The van der Waals surface area contributed by atoms with Gasteiger partial charge in [-0.2, -0.15) is 0 Å². The maximum absolute atomic E-state index is 12.4. The van der Waals surface area contributed by atoms with Crippen LogP contribution in [0.25, 0.3) is 11.3 Å². The van der Waals surface area contributed by atoms with Crippen LogP contribution in [0, 0.1) is 13.8 Å². The van der Waals surface area contributed by atoms with E-state index in [0.29, 0.717) is 12.8 Å². The van der Waals surface area contributed by atoms with Crippen LogP contribution in [0.5, 0.6) is 0 Å². The Balaban J connectivity index is 1.59. The Labute approximate surface area is 169 Å². The number of thioether (sulfide) groups is 1. The quantitative estimate of drug-likeness (QED) is 0.466. The van der Waals surface area contributed by atoms with Crippen molar-refractivity contribution >= 4 is 17.7 Å². The molecule has 0 saturated carbocycles. The van der Waals surface area contributed by atoms with Gasteiger partial charge in [-0.25, -0.2) is 15.0 Å². The van der Waals surface area contributed by atoms with Gasteiger partial charge in [-0.1, -0.05) is 42.1 Å². The molecule has 7 heteroatoms. The van der Waals surface area contributed by atoms with E-state index in [1.807, 2.05) is 57.4 Å². The summed E-state index contributed by atoms with van der Waals surface area (Å²) in [5.41, 5.74) is 4.94. The standard InChI is InChI=1S/C21H25N5OS/c1-13-17(14(2)25-21(24-13)28-4)10-11-19(27)23-15(3)20-22-12-18(26-20)16-8-6-5-7-9-16/h5-9,12,15H,10-11H2,1-4H3,(H,22,26)(H,23,27). The van der Waals surface area contributed by atoms with Crippen LogP contribution in [-0.4, -0.2) is 32.1 Å². The highest BCUT2D eigenvalue weighted by Crippen LogP contribution is 2.20. The minimum atomic E-state index is -0.192. The molecular weight excluding hydrogens is 370 g/mol. The minimum Gasteiger partial charge on any atom is -0.346 e.